The maximum atomic E-state index is 11.8. The number of nitrogens with zero attached hydrogens (tertiary/aromatic N) is 2. The Hall–Kier alpha value is -1.89. The summed E-state index contributed by atoms with van der Waals surface area (Å²) in [6.07, 6.45) is 8.01. The van der Waals surface area contributed by atoms with E-state index in [1.165, 1.54) is 6.20 Å². The lowest BCUT2D eigenvalue weighted by atomic mass is 9.33. The molecule has 0 radical (unpaired) electrons. The summed E-state index contributed by atoms with van der Waals surface area (Å²) in [6, 6.07) is 0.250. The molecule has 4 aliphatic carbocycles. The monoisotopic (exact) mass is 373 g/mol. The third-order valence-electron chi connectivity index (χ3n) is 7.09. The van der Waals surface area contributed by atoms with E-state index in [0.717, 1.165) is 44.9 Å². The molecule has 1 amide bonds. The molecule has 4 fully saturated rings. The van der Waals surface area contributed by atoms with Crippen molar-refractivity contribution in [2.45, 2.75) is 83.4 Å². The van der Waals surface area contributed by atoms with Gasteiger partial charge < -0.3 is 21.5 Å². The van der Waals surface area contributed by atoms with E-state index in [9.17, 15) is 9.90 Å². The van der Waals surface area contributed by atoms with Crippen LogP contribution in [0.5, 0.6) is 0 Å². The highest BCUT2D eigenvalue weighted by atomic mass is 16.3. The Balaban J connectivity index is 1.47. The predicted molar refractivity (Wildman–Crippen MR) is 105 cm³/mol. The molecule has 2 bridgehead atoms. The number of hydrogen-bond donors (Lipinski definition) is 4. The van der Waals surface area contributed by atoms with E-state index in [0.29, 0.717) is 28.2 Å². The van der Waals surface area contributed by atoms with Crippen molar-refractivity contribution in [3.63, 3.8) is 0 Å². The number of hydrogen-bond acceptors (Lipinski definition) is 6. The van der Waals surface area contributed by atoms with Gasteiger partial charge in [0, 0.05) is 17.8 Å². The van der Waals surface area contributed by atoms with Crippen LogP contribution in [0, 0.1) is 10.8 Å². The molecule has 0 aliphatic heterocycles. The molecule has 0 spiro atoms. The summed E-state index contributed by atoms with van der Waals surface area (Å²) in [5, 5.41) is 16.5. The molecular formula is C20H31N5O2. The van der Waals surface area contributed by atoms with Gasteiger partial charge in [-0.25, -0.2) is 4.98 Å². The highest BCUT2D eigenvalue weighted by molar-refractivity contribution is 5.97. The normalized spacial score (nSPS) is 35.0. The van der Waals surface area contributed by atoms with Crippen LogP contribution in [0.1, 0.15) is 76.1 Å². The van der Waals surface area contributed by atoms with E-state index in [1.807, 2.05) is 0 Å². The second-order valence-electron chi connectivity index (χ2n) is 9.94. The zero-order valence-corrected chi connectivity index (χ0v) is 16.5. The number of aromatic nitrogens is 2. The fourth-order valence-corrected chi connectivity index (χ4v) is 5.10. The van der Waals surface area contributed by atoms with Gasteiger partial charge >= 0.3 is 0 Å². The first kappa shape index (κ1) is 18.5. The number of aliphatic hydroxyl groups is 1. The largest absolute Gasteiger partial charge is 0.393 e. The van der Waals surface area contributed by atoms with E-state index < -0.39 is 5.91 Å². The average molecular weight is 374 g/mol. The third-order valence-corrected chi connectivity index (χ3v) is 7.09. The molecule has 1 heterocycles. The van der Waals surface area contributed by atoms with Crippen LogP contribution >= 0.6 is 0 Å². The molecule has 0 saturated heterocycles. The third kappa shape index (κ3) is 3.16. The van der Waals surface area contributed by atoms with Crippen LogP contribution in [-0.2, 0) is 0 Å². The Morgan fingerprint density at radius 3 is 2.41 bits per heavy atom. The number of nitrogens with one attached hydrogen (secondary N) is 2. The van der Waals surface area contributed by atoms with Crippen molar-refractivity contribution >= 4 is 17.7 Å². The number of primary amides is 1. The van der Waals surface area contributed by atoms with Gasteiger partial charge in [0.05, 0.1) is 11.7 Å². The molecule has 5 rings (SSSR count). The summed E-state index contributed by atoms with van der Waals surface area (Å²) in [5.74, 6) is 0.543. The van der Waals surface area contributed by atoms with Crippen LogP contribution in [0.25, 0.3) is 0 Å². The quantitative estimate of drug-likeness (QED) is 0.631. The zero-order valence-electron chi connectivity index (χ0n) is 16.5. The molecular weight excluding hydrogens is 342 g/mol. The van der Waals surface area contributed by atoms with Gasteiger partial charge in [-0.2, -0.15) is 4.98 Å². The SMILES string of the molecule is CC(C)(C)C12CC(Nc3nc(N[C@H]4CC[C@H](O)CC4)ncc3C(N)=O)(C1)C2. The maximum absolute atomic E-state index is 11.8. The first-order valence-corrected chi connectivity index (χ1v) is 10.0. The minimum absolute atomic E-state index is 0.0397. The van der Waals surface area contributed by atoms with Crippen LogP contribution < -0.4 is 16.4 Å². The van der Waals surface area contributed by atoms with Crippen molar-refractivity contribution in [1.82, 2.24) is 9.97 Å². The number of carbonyl (C=O) groups excluding carboxylic acids is 1. The van der Waals surface area contributed by atoms with Crippen molar-refractivity contribution in [3.8, 4) is 0 Å². The number of amides is 1. The lowest BCUT2D eigenvalue weighted by molar-refractivity contribution is -0.188. The lowest BCUT2D eigenvalue weighted by Gasteiger charge is -2.75. The first-order chi connectivity index (χ1) is 12.6. The van der Waals surface area contributed by atoms with Gasteiger partial charge in [-0.05, 0) is 55.8 Å². The Kier molecular flexibility index (Phi) is 4.14. The maximum Gasteiger partial charge on any atom is 0.254 e. The molecule has 4 saturated carbocycles. The Morgan fingerprint density at radius 2 is 1.85 bits per heavy atom. The first-order valence-electron chi connectivity index (χ1n) is 10.0. The summed E-state index contributed by atoms with van der Waals surface area (Å²) in [5.41, 5.74) is 6.63. The number of aliphatic hydroxyl groups excluding tert-OH is 1. The molecule has 0 aromatic carbocycles. The van der Waals surface area contributed by atoms with Crippen LogP contribution in [-0.4, -0.2) is 38.7 Å². The highest BCUT2D eigenvalue weighted by Crippen LogP contribution is 2.74. The van der Waals surface area contributed by atoms with Crippen molar-refractivity contribution in [2.24, 2.45) is 16.6 Å². The topological polar surface area (TPSA) is 113 Å². The van der Waals surface area contributed by atoms with Crippen LogP contribution in [0.4, 0.5) is 11.8 Å². The second kappa shape index (κ2) is 6.06. The minimum Gasteiger partial charge on any atom is -0.393 e. The van der Waals surface area contributed by atoms with Gasteiger partial charge in [-0.3, -0.25) is 4.79 Å². The van der Waals surface area contributed by atoms with Gasteiger partial charge in [0.15, 0.2) is 0 Å². The number of rotatable bonds is 5. The second-order valence-corrected chi connectivity index (χ2v) is 9.94. The van der Waals surface area contributed by atoms with Crippen LogP contribution in [0.3, 0.4) is 0 Å². The van der Waals surface area contributed by atoms with E-state index in [4.69, 9.17) is 5.73 Å². The molecule has 0 unspecified atom stereocenters. The highest BCUT2D eigenvalue weighted by Gasteiger charge is 2.71. The Labute approximate surface area is 160 Å². The Morgan fingerprint density at radius 1 is 1.22 bits per heavy atom. The minimum atomic E-state index is -0.512. The summed E-state index contributed by atoms with van der Waals surface area (Å²) in [4.78, 5) is 20.7. The summed E-state index contributed by atoms with van der Waals surface area (Å²) in [6.45, 7) is 6.91. The van der Waals surface area contributed by atoms with Crippen molar-refractivity contribution in [1.29, 1.82) is 0 Å². The van der Waals surface area contributed by atoms with Gasteiger partial charge in [0.1, 0.15) is 5.82 Å². The van der Waals surface area contributed by atoms with E-state index in [1.54, 1.807) is 0 Å². The number of carbonyl (C=O) groups is 1. The van der Waals surface area contributed by atoms with Crippen LogP contribution in [0.15, 0.2) is 6.20 Å². The van der Waals surface area contributed by atoms with Gasteiger partial charge in [0.25, 0.3) is 5.91 Å². The summed E-state index contributed by atoms with van der Waals surface area (Å²) in [7, 11) is 0. The molecule has 0 atom stereocenters. The molecule has 7 heteroatoms. The van der Waals surface area contributed by atoms with Gasteiger partial charge in [-0.1, -0.05) is 20.8 Å². The molecule has 27 heavy (non-hydrogen) atoms. The van der Waals surface area contributed by atoms with Gasteiger partial charge in [-0.15, -0.1) is 0 Å². The predicted octanol–water partition coefficient (Wildman–Crippen LogP) is 2.67. The molecule has 148 valence electrons. The van der Waals surface area contributed by atoms with E-state index >= 15 is 0 Å². The fourth-order valence-electron chi connectivity index (χ4n) is 5.10. The van der Waals surface area contributed by atoms with Crippen molar-refractivity contribution in [2.75, 3.05) is 10.6 Å². The summed E-state index contributed by atoms with van der Waals surface area (Å²) < 4.78 is 0. The van der Waals surface area contributed by atoms with Crippen molar-refractivity contribution in [3.05, 3.63) is 11.8 Å². The van der Waals surface area contributed by atoms with E-state index in [-0.39, 0.29) is 17.7 Å². The number of anilines is 2. The fraction of sp³-hybridized carbons (Fsp3) is 0.750. The van der Waals surface area contributed by atoms with Crippen LogP contribution in [0.2, 0.25) is 0 Å². The standard InChI is InChI=1S/C20H31N5O2/c1-18(2,3)19-9-20(10-19,11-19)25-16-14(15(21)27)8-22-17(24-16)23-12-4-6-13(26)7-5-12/h8,12-13,26H,4-7,9-11H2,1-3H3,(H2,21,27)(H2,22,23,24,25)/t12-,13-,19?,20?. The van der Waals surface area contributed by atoms with Crippen molar-refractivity contribution < 1.29 is 9.90 Å². The Bertz CT molecular complexity index is 729. The lowest BCUT2D eigenvalue weighted by Crippen LogP contribution is -2.74. The average Bonchev–Trinajstić information content (AvgIpc) is 2.50. The molecule has 1 aromatic rings. The zero-order chi connectivity index (χ0) is 19.4. The molecule has 1 aromatic heterocycles. The molecule has 5 N–H and O–H groups in total. The molecule has 4 aliphatic rings. The van der Waals surface area contributed by atoms with Gasteiger partial charge in [0.2, 0.25) is 5.95 Å². The van der Waals surface area contributed by atoms with E-state index in [2.05, 4.69) is 41.4 Å². The molecule has 7 nitrogen and oxygen atoms in total. The summed E-state index contributed by atoms with van der Waals surface area (Å²) >= 11 is 0. The smallest absolute Gasteiger partial charge is 0.254 e. The number of nitrogens with two attached hydrogens (primary N) is 1.